The molecule has 126 valence electrons. The van der Waals surface area contributed by atoms with Crippen molar-refractivity contribution in [3.05, 3.63) is 66.5 Å². The predicted octanol–water partition coefficient (Wildman–Crippen LogP) is 2.36. The van der Waals surface area contributed by atoms with E-state index in [9.17, 15) is 8.42 Å². The summed E-state index contributed by atoms with van der Waals surface area (Å²) in [7, 11) is -3.67. The quantitative estimate of drug-likeness (QED) is 0.582. The lowest BCUT2D eigenvalue weighted by Crippen LogP contribution is -2.23. The fourth-order valence-corrected chi connectivity index (χ4v) is 4.22. The molecule has 0 aliphatic heterocycles. The van der Waals surface area contributed by atoms with Gasteiger partial charge in [0.1, 0.15) is 15.9 Å². The van der Waals surface area contributed by atoms with Crippen LogP contribution < -0.4 is 4.72 Å². The Morgan fingerprint density at radius 3 is 2.64 bits per heavy atom. The molecule has 2 aromatic carbocycles. The summed E-state index contributed by atoms with van der Waals surface area (Å²) in [4.78, 5) is 0.145. The number of nitrogens with zero attached hydrogens (tertiary/aromatic N) is 4. The van der Waals surface area contributed by atoms with Crippen LogP contribution in [0, 0.1) is 0 Å². The second kappa shape index (κ2) is 6.36. The highest BCUT2D eigenvalue weighted by Crippen LogP contribution is 2.21. The van der Waals surface area contributed by atoms with Gasteiger partial charge in [-0.2, -0.15) is 13.8 Å². The molecule has 0 unspecified atom stereocenters. The number of sulfonamides is 1. The van der Waals surface area contributed by atoms with Crippen molar-refractivity contribution < 1.29 is 8.42 Å². The molecule has 0 atom stereocenters. The van der Waals surface area contributed by atoms with E-state index < -0.39 is 10.0 Å². The van der Waals surface area contributed by atoms with Gasteiger partial charge in [0.05, 0.1) is 17.4 Å². The summed E-state index contributed by atoms with van der Waals surface area (Å²) < 4.78 is 37.7. The van der Waals surface area contributed by atoms with Gasteiger partial charge in [-0.05, 0) is 35.9 Å². The van der Waals surface area contributed by atoms with Gasteiger partial charge < -0.3 is 0 Å². The van der Waals surface area contributed by atoms with Crippen molar-refractivity contribution >= 4 is 32.8 Å². The first-order valence-corrected chi connectivity index (χ1v) is 9.65. The van der Waals surface area contributed by atoms with Crippen LogP contribution >= 0.6 is 11.7 Å². The Kier molecular flexibility index (Phi) is 4.04. The second-order valence-corrected chi connectivity index (χ2v) is 7.59. The number of fused-ring (bicyclic) bond motifs is 1. The summed E-state index contributed by atoms with van der Waals surface area (Å²) in [5.41, 5.74) is 2.74. The van der Waals surface area contributed by atoms with E-state index in [4.69, 9.17) is 0 Å². The lowest BCUT2D eigenvalue weighted by Gasteiger charge is -2.08. The average Bonchev–Trinajstić information content (AvgIpc) is 3.31. The van der Waals surface area contributed by atoms with Crippen molar-refractivity contribution in [2.45, 2.75) is 11.4 Å². The van der Waals surface area contributed by atoms with E-state index in [1.807, 2.05) is 36.5 Å². The molecule has 9 heteroatoms. The molecule has 0 saturated carbocycles. The highest BCUT2D eigenvalue weighted by molar-refractivity contribution is 7.89. The number of aromatic nitrogens is 4. The topological polar surface area (TPSA) is 89.8 Å². The number of hydrogen-bond donors (Lipinski definition) is 1. The zero-order valence-corrected chi connectivity index (χ0v) is 14.5. The van der Waals surface area contributed by atoms with E-state index in [1.165, 1.54) is 6.07 Å². The first-order chi connectivity index (χ1) is 12.1. The molecule has 0 fully saturated rings. The maximum atomic E-state index is 12.6. The minimum absolute atomic E-state index is 0.145. The first-order valence-electron chi connectivity index (χ1n) is 7.43. The Hall–Kier alpha value is -2.62. The van der Waals surface area contributed by atoms with Crippen molar-refractivity contribution in [1.29, 1.82) is 0 Å². The van der Waals surface area contributed by atoms with E-state index >= 15 is 0 Å². The number of rotatable bonds is 5. The van der Waals surface area contributed by atoms with E-state index in [1.54, 1.807) is 23.0 Å². The van der Waals surface area contributed by atoms with Gasteiger partial charge in [0.2, 0.25) is 10.0 Å². The van der Waals surface area contributed by atoms with Crippen LogP contribution in [0.4, 0.5) is 0 Å². The maximum Gasteiger partial charge on any atom is 0.243 e. The van der Waals surface area contributed by atoms with Crippen LogP contribution in [0.5, 0.6) is 0 Å². The molecule has 0 bridgehead atoms. The summed E-state index contributed by atoms with van der Waals surface area (Å²) in [6, 6.07) is 14.3. The zero-order chi connectivity index (χ0) is 17.3. The van der Waals surface area contributed by atoms with Gasteiger partial charge in [-0.25, -0.2) is 17.8 Å². The minimum Gasteiger partial charge on any atom is -0.241 e. The van der Waals surface area contributed by atoms with Crippen LogP contribution in [-0.4, -0.2) is 26.9 Å². The van der Waals surface area contributed by atoms with Crippen LogP contribution in [0.2, 0.25) is 0 Å². The van der Waals surface area contributed by atoms with Crippen LogP contribution in [0.1, 0.15) is 5.56 Å². The Morgan fingerprint density at radius 1 is 1.04 bits per heavy atom. The molecule has 25 heavy (non-hydrogen) atoms. The molecule has 0 aliphatic carbocycles. The molecule has 0 amide bonds. The fraction of sp³-hybridized carbons (Fsp3) is 0.0625. The molecular weight excluding hydrogens is 358 g/mol. The highest BCUT2D eigenvalue weighted by atomic mass is 32.2. The Balaban J connectivity index is 1.53. The molecule has 1 N–H and O–H groups in total. The first kappa shape index (κ1) is 15.9. The highest BCUT2D eigenvalue weighted by Gasteiger charge is 2.19. The van der Waals surface area contributed by atoms with Crippen molar-refractivity contribution in [1.82, 2.24) is 23.2 Å². The molecule has 0 radical (unpaired) electrons. The lowest BCUT2D eigenvalue weighted by atomic mass is 10.2. The van der Waals surface area contributed by atoms with Gasteiger partial charge >= 0.3 is 0 Å². The second-order valence-electron chi connectivity index (χ2n) is 5.33. The predicted molar refractivity (Wildman–Crippen MR) is 95.0 cm³/mol. The SMILES string of the molecule is O=S(=O)(NCc1ccc(-n2cccn2)cc1)c1cccc2nsnc12. The van der Waals surface area contributed by atoms with Crippen molar-refractivity contribution in [3.8, 4) is 5.69 Å². The van der Waals surface area contributed by atoms with Crippen molar-refractivity contribution in [3.63, 3.8) is 0 Å². The largest absolute Gasteiger partial charge is 0.243 e. The molecule has 7 nitrogen and oxygen atoms in total. The van der Waals surface area contributed by atoms with Crippen LogP contribution in [-0.2, 0) is 16.6 Å². The normalized spacial score (nSPS) is 11.8. The maximum absolute atomic E-state index is 12.6. The summed E-state index contributed by atoms with van der Waals surface area (Å²) in [6.45, 7) is 0.190. The van der Waals surface area contributed by atoms with Gasteiger partial charge in [0.15, 0.2) is 0 Å². The molecule has 2 heterocycles. The van der Waals surface area contributed by atoms with Gasteiger partial charge in [-0.15, -0.1) is 0 Å². The molecular formula is C16H13N5O2S2. The molecule has 4 rings (SSSR count). The summed E-state index contributed by atoms with van der Waals surface area (Å²) in [5.74, 6) is 0. The molecule has 4 aromatic rings. The summed E-state index contributed by atoms with van der Waals surface area (Å²) in [6.07, 6.45) is 3.55. The van der Waals surface area contributed by atoms with Crippen LogP contribution in [0.15, 0.2) is 65.8 Å². The van der Waals surface area contributed by atoms with Gasteiger partial charge in [-0.3, -0.25) is 0 Å². The third-order valence-electron chi connectivity index (χ3n) is 3.71. The molecule has 0 aliphatic rings. The van der Waals surface area contributed by atoms with Crippen molar-refractivity contribution in [2.75, 3.05) is 0 Å². The minimum atomic E-state index is -3.67. The van der Waals surface area contributed by atoms with Gasteiger partial charge in [0.25, 0.3) is 0 Å². The standard InChI is InChI=1S/C16H13N5O2S2/c22-25(23,15-4-1-3-14-16(15)20-24-19-14)18-11-12-5-7-13(8-6-12)21-10-2-9-17-21/h1-10,18H,11H2. The van der Waals surface area contributed by atoms with Gasteiger partial charge in [0, 0.05) is 18.9 Å². The summed E-state index contributed by atoms with van der Waals surface area (Å²) in [5, 5.41) is 4.16. The summed E-state index contributed by atoms with van der Waals surface area (Å²) >= 11 is 0.997. The molecule has 0 spiro atoms. The number of benzene rings is 2. The number of nitrogens with one attached hydrogen (secondary N) is 1. The molecule has 2 aromatic heterocycles. The lowest BCUT2D eigenvalue weighted by molar-refractivity contribution is 0.582. The third kappa shape index (κ3) is 3.16. The van der Waals surface area contributed by atoms with E-state index in [2.05, 4.69) is 18.6 Å². The number of hydrogen-bond acceptors (Lipinski definition) is 6. The Bertz CT molecular complexity index is 1100. The van der Waals surface area contributed by atoms with E-state index in [-0.39, 0.29) is 11.4 Å². The average molecular weight is 371 g/mol. The fourth-order valence-electron chi connectivity index (χ4n) is 2.44. The Morgan fingerprint density at radius 2 is 1.88 bits per heavy atom. The smallest absolute Gasteiger partial charge is 0.241 e. The monoisotopic (exact) mass is 371 g/mol. The van der Waals surface area contributed by atoms with Crippen molar-refractivity contribution in [2.24, 2.45) is 0 Å². The zero-order valence-electron chi connectivity index (χ0n) is 12.9. The van der Waals surface area contributed by atoms with E-state index in [0.717, 1.165) is 23.0 Å². The third-order valence-corrected chi connectivity index (χ3v) is 5.69. The van der Waals surface area contributed by atoms with Crippen LogP contribution in [0.3, 0.4) is 0 Å². The molecule has 0 saturated heterocycles. The van der Waals surface area contributed by atoms with Crippen LogP contribution in [0.25, 0.3) is 16.7 Å². The van der Waals surface area contributed by atoms with Gasteiger partial charge in [-0.1, -0.05) is 18.2 Å². The Labute approximate surface area is 148 Å². The van der Waals surface area contributed by atoms with E-state index in [0.29, 0.717) is 11.0 Å².